The van der Waals surface area contributed by atoms with Gasteiger partial charge in [-0.25, -0.2) is 0 Å². The lowest BCUT2D eigenvalue weighted by Crippen LogP contribution is -2.12. The number of fused-ring (bicyclic) bond motifs is 1. The highest BCUT2D eigenvalue weighted by molar-refractivity contribution is 6.11. The monoisotopic (exact) mass is 277 g/mol. The minimum Gasteiger partial charge on any atom is -0.322 e. The van der Waals surface area contributed by atoms with Gasteiger partial charge in [0.05, 0.1) is 11.1 Å². The number of nitrogens with one attached hydrogen (secondary N) is 1. The van der Waals surface area contributed by atoms with Crippen molar-refractivity contribution < 1.29 is 9.59 Å². The topological polar surface area (TPSA) is 72.0 Å². The van der Waals surface area contributed by atoms with E-state index in [0.717, 1.165) is 6.29 Å². The third-order valence-corrected chi connectivity index (χ3v) is 3.05. The zero-order valence-electron chi connectivity index (χ0n) is 11.0. The van der Waals surface area contributed by atoms with Gasteiger partial charge in [-0.15, -0.1) is 0 Å². The maximum absolute atomic E-state index is 12.3. The molecule has 3 aromatic rings. The molecular weight excluding hydrogens is 266 g/mol. The summed E-state index contributed by atoms with van der Waals surface area (Å²) in [4.78, 5) is 31.3. The van der Waals surface area contributed by atoms with Crippen molar-refractivity contribution in [3.8, 4) is 0 Å². The first-order chi connectivity index (χ1) is 10.3. The number of carbonyl (C=O) groups excluding carboxylic acids is 2. The molecule has 0 aliphatic rings. The molecule has 0 fully saturated rings. The number of amides is 1. The summed E-state index contributed by atoms with van der Waals surface area (Å²) in [7, 11) is 0. The van der Waals surface area contributed by atoms with Crippen molar-refractivity contribution in [1.82, 2.24) is 9.97 Å². The number of anilines is 1. The average Bonchev–Trinajstić information content (AvgIpc) is 2.55. The molecule has 3 rings (SSSR count). The first-order valence-electron chi connectivity index (χ1n) is 6.34. The van der Waals surface area contributed by atoms with Gasteiger partial charge in [0.25, 0.3) is 5.91 Å². The van der Waals surface area contributed by atoms with E-state index in [2.05, 4.69) is 15.3 Å². The van der Waals surface area contributed by atoms with Gasteiger partial charge >= 0.3 is 0 Å². The van der Waals surface area contributed by atoms with Crippen molar-refractivity contribution in [2.45, 2.75) is 0 Å². The third kappa shape index (κ3) is 2.62. The van der Waals surface area contributed by atoms with Crippen LogP contribution in [0.15, 0.2) is 54.9 Å². The molecule has 1 amide bonds. The molecular formula is C16H11N3O2. The maximum atomic E-state index is 12.3. The van der Waals surface area contributed by atoms with E-state index < -0.39 is 0 Å². The minimum absolute atomic E-state index is 0.264. The van der Waals surface area contributed by atoms with Gasteiger partial charge in [-0.1, -0.05) is 6.07 Å². The molecule has 0 radical (unpaired) electrons. The zero-order chi connectivity index (χ0) is 14.7. The van der Waals surface area contributed by atoms with E-state index in [0.29, 0.717) is 27.8 Å². The van der Waals surface area contributed by atoms with Crippen molar-refractivity contribution in [1.29, 1.82) is 0 Å². The van der Waals surface area contributed by atoms with Gasteiger partial charge in [0, 0.05) is 23.6 Å². The Morgan fingerprint density at radius 1 is 1.00 bits per heavy atom. The number of aromatic nitrogens is 2. The molecule has 21 heavy (non-hydrogen) atoms. The molecule has 0 unspecified atom stereocenters. The summed E-state index contributed by atoms with van der Waals surface area (Å²) >= 11 is 0. The summed E-state index contributed by atoms with van der Waals surface area (Å²) in [6.07, 6.45) is 3.89. The molecule has 0 spiro atoms. The Morgan fingerprint density at radius 2 is 1.76 bits per heavy atom. The summed E-state index contributed by atoms with van der Waals surface area (Å²) in [6, 6.07) is 11.9. The number of hydrogen-bond acceptors (Lipinski definition) is 4. The van der Waals surface area contributed by atoms with Crippen LogP contribution in [0.5, 0.6) is 0 Å². The number of aldehydes is 1. The quantitative estimate of drug-likeness (QED) is 0.747. The van der Waals surface area contributed by atoms with E-state index in [4.69, 9.17) is 0 Å². The van der Waals surface area contributed by atoms with Gasteiger partial charge in [0.2, 0.25) is 0 Å². The molecule has 1 heterocycles. The van der Waals surface area contributed by atoms with E-state index in [-0.39, 0.29) is 5.91 Å². The maximum Gasteiger partial charge on any atom is 0.257 e. The third-order valence-electron chi connectivity index (χ3n) is 3.05. The molecule has 5 nitrogen and oxygen atoms in total. The predicted molar refractivity (Wildman–Crippen MR) is 79.3 cm³/mol. The SMILES string of the molecule is O=Cc1ccc(NC(=O)c2cccc3nccnc23)cc1. The number of rotatable bonds is 3. The standard InChI is InChI=1S/C16H11N3O2/c20-10-11-4-6-12(7-5-11)19-16(21)13-2-1-3-14-15(13)18-9-8-17-14/h1-10H,(H,19,21). The van der Waals surface area contributed by atoms with Gasteiger partial charge < -0.3 is 5.32 Å². The average molecular weight is 277 g/mol. The van der Waals surface area contributed by atoms with Crippen LogP contribution in [-0.2, 0) is 0 Å². The smallest absolute Gasteiger partial charge is 0.257 e. The Bertz CT molecular complexity index is 808. The number of hydrogen-bond donors (Lipinski definition) is 1. The molecule has 0 bridgehead atoms. The highest BCUT2D eigenvalue weighted by Crippen LogP contribution is 2.16. The Morgan fingerprint density at radius 3 is 2.52 bits per heavy atom. The molecule has 1 aromatic heterocycles. The second kappa shape index (κ2) is 5.50. The Hall–Kier alpha value is -3.08. The summed E-state index contributed by atoms with van der Waals surface area (Å²) < 4.78 is 0. The van der Waals surface area contributed by atoms with E-state index >= 15 is 0 Å². The Kier molecular flexibility index (Phi) is 3.39. The molecule has 0 aliphatic carbocycles. The molecule has 0 atom stereocenters. The van der Waals surface area contributed by atoms with Gasteiger partial charge in [0.1, 0.15) is 11.8 Å². The fourth-order valence-electron chi connectivity index (χ4n) is 2.02. The summed E-state index contributed by atoms with van der Waals surface area (Å²) in [5, 5.41) is 2.78. The number of carbonyl (C=O) groups is 2. The second-order valence-corrected chi connectivity index (χ2v) is 4.42. The second-order valence-electron chi connectivity index (χ2n) is 4.42. The predicted octanol–water partition coefficient (Wildman–Crippen LogP) is 2.69. The number of benzene rings is 2. The van der Waals surface area contributed by atoms with E-state index in [1.54, 1.807) is 54.9 Å². The minimum atomic E-state index is -0.264. The van der Waals surface area contributed by atoms with Crippen molar-refractivity contribution >= 4 is 28.9 Å². The fourth-order valence-corrected chi connectivity index (χ4v) is 2.02. The molecule has 1 N–H and O–H groups in total. The molecule has 0 saturated heterocycles. The summed E-state index contributed by atoms with van der Waals surface area (Å²) in [6.45, 7) is 0. The van der Waals surface area contributed by atoms with Crippen LogP contribution in [-0.4, -0.2) is 22.2 Å². The first kappa shape index (κ1) is 12.9. The van der Waals surface area contributed by atoms with Crippen molar-refractivity contribution in [2.75, 3.05) is 5.32 Å². The van der Waals surface area contributed by atoms with Crippen LogP contribution in [0.4, 0.5) is 5.69 Å². The molecule has 102 valence electrons. The van der Waals surface area contributed by atoms with Crippen LogP contribution in [0, 0.1) is 0 Å². The van der Waals surface area contributed by atoms with E-state index in [1.165, 1.54) is 0 Å². The highest BCUT2D eigenvalue weighted by atomic mass is 16.1. The Labute approximate surface area is 120 Å². The van der Waals surface area contributed by atoms with E-state index in [9.17, 15) is 9.59 Å². The summed E-state index contributed by atoms with van der Waals surface area (Å²) in [5.74, 6) is -0.264. The number of para-hydroxylation sites is 1. The van der Waals surface area contributed by atoms with Crippen molar-refractivity contribution in [3.63, 3.8) is 0 Å². The molecule has 5 heteroatoms. The normalized spacial score (nSPS) is 10.3. The lowest BCUT2D eigenvalue weighted by Gasteiger charge is -2.07. The van der Waals surface area contributed by atoms with Crippen LogP contribution in [0.1, 0.15) is 20.7 Å². The lowest BCUT2D eigenvalue weighted by atomic mass is 10.1. The van der Waals surface area contributed by atoms with Crippen LogP contribution in [0.3, 0.4) is 0 Å². The van der Waals surface area contributed by atoms with Gasteiger partial charge in [-0.3, -0.25) is 19.6 Å². The van der Waals surface area contributed by atoms with Crippen molar-refractivity contribution in [2.24, 2.45) is 0 Å². The highest BCUT2D eigenvalue weighted by Gasteiger charge is 2.11. The Balaban J connectivity index is 1.91. The molecule has 0 saturated carbocycles. The van der Waals surface area contributed by atoms with Gasteiger partial charge in [0.15, 0.2) is 0 Å². The van der Waals surface area contributed by atoms with Crippen LogP contribution in [0.25, 0.3) is 11.0 Å². The van der Waals surface area contributed by atoms with Crippen LogP contribution < -0.4 is 5.32 Å². The largest absolute Gasteiger partial charge is 0.322 e. The van der Waals surface area contributed by atoms with Crippen LogP contribution >= 0.6 is 0 Å². The van der Waals surface area contributed by atoms with Crippen molar-refractivity contribution in [3.05, 3.63) is 66.0 Å². The summed E-state index contributed by atoms with van der Waals surface area (Å²) in [5.41, 5.74) is 2.86. The van der Waals surface area contributed by atoms with Gasteiger partial charge in [-0.2, -0.15) is 0 Å². The lowest BCUT2D eigenvalue weighted by molar-refractivity contribution is 0.102. The molecule has 0 aliphatic heterocycles. The van der Waals surface area contributed by atoms with E-state index in [1.807, 2.05) is 0 Å². The van der Waals surface area contributed by atoms with Crippen LogP contribution in [0.2, 0.25) is 0 Å². The molecule has 2 aromatic carbocycles. The fraction of sp³-hybridized carbons (Fsp3) is 0. The zero-order valence-corrected chi connectivity index (χ0v) is 11.0. The first-order valence-corrected chi connectivity index (χ1v) is 6.34. The number of nitrogens with zero attached hydrogens (tertiary/aromatic N) is 2. The van der Waals surface area contributed by atoms with Gasteiger partial charge in [-0.05, 0) is 36.4 Å².